The number of ether oxygens (including phenoxy) is 1. The molecule has 2 aromatic rings. The molecule has 0 unspecified atom stereocenters. The maximum atomic E-state index is 13.1. The first-order valence-corrected chi connectivity index (χ1v) is 12.7. The number of carbonyl (C=O) groups excluding carboxylic acids is 1. The van der Waals surface area contributed by atoms with E-state index in [2.05, 4.69) is 5.32 Å². The molecule has 1 atom stereocenters. The maximum absolute atomic E-state index is 13.1. The Morgan fingerprint density at radius 2 is 1.72 bits per heavy atom. The summed E-state index contributed by atoms with van der Waals surface area (Å²) in [6, 6.07) is 12.5. The fourth-order valence-corrected chi connectivity index (χ4v) is 5.88. The van der Waals surface area contributed by atoms with Gasteiger partial charge in [-0.1, -0.05) is 6.07 Å². The van der Waals surface area contributed by atoms with Crippen molar-refractivity contribution < 1.29 is 17.9 Å². The molecule has 1 N–H and O–H groups in total. The van der Waals surface area contributed by atoms with Crippen LogP contribution in [0.1, 0.15) is 31.4 Å². The van der Waals surface area contributed by atoms with Crippen LogP contribution in [0, 0.1) is 0 Å². The van der Waals surface area contributed by atoms with E-state index < -0.39 is 10.0 Å². The molecule has 2 aliphatic rings. The van der Waals surface area contributed by atoms with Crippen molar-refractivity contribution in [2.75, 3.05) is 38.1 Å². The highest BCUT2D eigenvalue weighted by Gasteiger charge is 2.32. The van der Waals surface area contributed by atoms with Crippen LogP contribution in [-0.2, 0) is 27.7 Å². The lowest BCUT2D eigenvalue weighted by Gasteiger charge is -2.36. The van der Waals surface area contributed by atoms with Gasteiger partial charge in [-0.2, -0.15) is 4.31 Å². The van der Waals surface area contributed by atoms with E-state index in [1.165, 1.54) is 9.87 Å². The van der Waals surface area contributed by atoms with E-state index in [0.29, 0.717) is 43.4 Å². The summed E-state index contributed by atoms with van der Waals surface area (Å²) in [4.78, 5) is 15.1. The number of rotatable bonds is 7. The molecule has 1 fully saturated rings. The Morgan fingerprint density at radius 3 is 2.41 bits per heavy atom. The summed E-state index contributed by atoms with van der Waals surface area (Å²) in [5.74, 6) is 0.656. The number of nitrogens with one attached hydrogen (secondary N) is 1. The summed E-state index contributed by atoms with van der Waals surface area (Å²) in [5, 5.41) is 2.93. The predicted octanol–water partition coefficient (Wildman–Crippen LogP) is 2.91. The SMILES string of the molecule is CCOc1ccc(NC(=O)[C@H](C)N2CCN(S(=O)(=O)c3ccc4c(c3)CCC4)CC2)cc1. The third-order valence-corrected chi connectivity index (χ3v) is 8.24. The number of anilines is 1. The van der Waals surface area contributed by atoms with Gasteiger partial charge in [-0.05, 0) is 80.6 Å². The van der Waals surface area contributed by atoms with Gasteiger partial charge in [-0.15, -0.1) is 0 Å². The minimum atomic E-state index is -3.52. The molecule has 1 aliphatic carbocycles. The van der Waals surface area contributed by atoms with Gasteiger partial charge in [0.15, 0.2) is 0 Å². The Bertz CT molecular complexity index is 1060. The molecule has 32 heavy (non-hydrogen) atoms. The molecule has 1 saturated heterocycles. The number of sulfonamides is 1. The topological polar surface area (TPSA) is 79.0 Å². The van der Waals surface area contributed by atoms with Crippen molar-refractivity contribution in [1.82, 2.24) is 9.21 Å². The summed E-state index contributed by atoms with van der Waals surface area (Å²) in [7, 11) is -3.52. The summed E-state index contributed by atoms with van der Waals surface area (Å²) < 4.78 is 33.2. The molecule has 1 aliphatic heterocycles. The fraction of sp³-hybridized carbons (Fsp3) is 0.458. The lowest BCUT2D eigenvalue weighted by molar-refractivity contribution is -0.121. The number of piperazine rings is 1. The molecule has 8 heteroatoms. The second-order valence-electron chi connectivity index (χ2n) is 8.35. The first kappa shape index (κ1) is 22.8. The van der Waals surface area contributed by atoms with E-state index in [-0.39, 0.29) is 11.9 Å². The highest BCUT2D eigenvalue weighted by Crippen LogP contribution is 2.27. The standard InChI is InChI=1S/C24H31N3O4S/c1-3-31-22-10-8-21(9-11-22)25-24(28)18(2)26-13-15-27(16-14-26)32(29,30)23-12-7-19-5-4-6-20(19)17-23/h7-12,17-18H,3-6,13-16H2,1-2H3,(H,25,28)/t18-/m0/s1. The Balaban J connectivity index is 1.33. The molecule has 1 amide bonds. The minimum Gasteiger partial charge on any atom is -0.494 e. The van der Waals surface area contributed by atoms with E-state index in [9.17, 15) is 13.2 Å². The summed E-state index contributed by atoms with van der Waals surface area (Å²) in [5.41, 5.74) is 3.13. The van der Waals surface area contributed by atoms with Gasteiger partial charge in [-0.25, -0.2) is 8.42 Å². The molecule has 4 rings (SSSR count). The van der Waals surface area contributed by atoms with Gasteiger partial charge in [0.25, 0.3) is 0 Å². The number of nitrogens with zero attached hydrogens (tertiary/aromatic N) is 2. The van der Waals surface area contributed by atoms with Crippen LogP contribution in [0.15, 0.2) is 47.4 Å². The molecule has 7 nitrogen and oxygen atoms in total. The van der Waals surface area contributed by atoms with Crippen LogP contribution in [0.3, 0.4) is 0 Å². The summed E-state index contributed by atoms with van der Waals surface area (Å²) >= 11 is 0. The van der Waals surface area contributed by atoms with E-state index in [4.69, 9.17) is 4.74 Å². The van der Waals surface area contributed by atoms with Crippen molar-refractivity contribution in [2.24, 2.45) is 0 Å². The molecular formula is C24H31N3O4S. The van der Waals surface area contributed by atoms with Gasteiger partial charge in [0.1, 0.15) is 5.75 Å². The number of amides is 1. The average molecular weight is 458 g/mol. The smallest absolute Gasteiger partial charge is 0.243 e. The highest BCUT2D eigenvalue weighted by atomic mass is 32.2. The van der Waals surface area contributed by atoms with Crippen molar-refractivity contribution in [3.63, 3.8) is 0 Å². The fourth-order valence-electron chi connectivity index (χ4n) is 4.40. The van der Waals surface area contributed by atoms with E-state index in [1.807, 2.05) is 55.1 Å². The quantitative estimate of drug-likeness (QED) is 0.692. The van der Waals surface area contributed by atoms with Gasteiger partial charge in [0, 0.05) is 31.9 Å². The van der Waals surface area contributed by atoms with Gasteiger partial charge in [-0.3, -0.25) is 9.69 Å². The molecule has 0 saturated carbocycles. The van der Waals surface area contributed by atoms with Crippen molar-refractivity contribution in [1.29, 1.82) is 0 Å². The molecule has 2 aromatic carbocycles. The van der Waals surface area contributed by atoms with Crippen molar-refractivity contribution in [3.8, 4) is 5.75 Å². The van der Waals surface area contributed by atoms with E-state index in [0.717, 1.165) is 30.6 Å². The van der Waals surface area contributed by atoms with Crippen LogP contribution >= 0.6 is 0 Å². The molecule has 0 radical (unpaired) electrons. The Morgan fingerprint density at radius 1 is 1.03 bits per heavy atom. The monoisotopic (exact) mass is 457 g/mol. The number of aryl methyl sites for hydroxylation is 2. The Labute approximate surface area is 190 Å². The molecule has 0 aromatic heterocycles. The van der Waals surface area contributed by atoms with E-state index in [1.54, 1.807) is 6.07 Å². The Kier molecular flexibility index (Phi) is 6.83. The molecule has 1 heterocycles. The normalized spacial score (nSPS) is 18.2. The van der Waals surface area contributed by atoms with Crippen molar-refractivity contribution >= 4 is 21.6 Å². The zero-order valence-corrected chi connectivity index (χ0v) is 19.5. The van der Waals surface area contributed by atoms with Crippen molar-refractivity contribution in [2.45, 2.75) is 44.0 Å². The first-order chi connectivity index (χ1) is 15.4. The molecule has 0 spiro atoms. The molecule has 0 bridgehead atoms. The largest absolute Gasteiger partial charge is 0.494 e. The van der Waals surface area contributed by atoms with Crippen LogP contribution in [0.5, 0.6) is 5.75 Å². The van der Waals surface area contributed by atoms with Crippen LogP contribution in [0.4, 0.5) is 5.69 Å². The second-order valence-corrected chi connectivity index (χ2v) is 10.3. The van der Waals surface area contributed by atoms with Crippen LogP contribution in [-0.4, -0.2) is 62.4 Å². The second kappa shape index (κ2) is 9.60. The predicted molar refractivity (Wildman–Crippen MR) is 125 cm³/mol. The van der Waals surface area contributed by atoms with Crippen molar-refractivity contribution in [3.05, 3.63) is 53.6 Å². The number of hydrogen-bond acceptors (Lipinski definition) is 5. The van der Waals surface area contributed by atoms with Gasteiger partial charge >= 0.3 is 0 Å². The lowest BCUT2D eigenvalue weighted by Crippen LogP contribution is -2.53. The van der Waals surface area contributed by atoms with Crippen LogP contribution in [0.25, 0.3) is 0 Å². The molecular weight excluding hydrogens is 426 g/mol. The van der Waals surface area contributed by atoms with E-state index >= 15 is 0 Å². The zero-order valence-electron chi connectivity index (χ0n) is 18.7. The maximum Gasteiger partial charge on any atom is 0.243 e. The van der Waals surface area contributed by atoms with Gasteiger partial charge in [0.05, 0.1) is 17.5 Å². The minimum absolute atomic E-state index is 0.107. The number of benzene rings is 2. The third-order valence-electron chi connectivity index (χ3n) is 6.34. The van der Waals surface area contributed by atoms with Gasteiger partial charge in [0.2, 0.25) is 15.9 Å². The summed E-state index contributed by atoms with van der Waals surface area (Å²) in [6.07, 6.45) is 3.08. The van der Waals surface area contributed by atoms with Crippen LogP contribution < -0.4 is 10.1 Å². The number of hydrogen-bond donors (Lipinski definition) is 1. The summed E-state index contributed by atoms with van der Waals surface area (Å²) in [6.45, 7) is 6.16. The van der Waals surface area contributed by atoms with Crippen LogP contribution in [0.2, 0.25) is 0 Å². The average Bonchev–Trinajstić information content (AvgIpc) is 3.28. The Hall–Kier alpha value is -2.42. The molecule has 172 valence electrons. The lowest BCUT2D eigenvalue weighted by atomic mass is 10.1. The number of fused-ring (bicyclic) bond motifs is 1. The highest BCUT2D eigenvalue weighted by molar-refractivity contribution is 7.89. The van der Waals surface area contributed by atoms with Gasteiger partial charge < -0.3 is 10.1 Å². The third kappa shape index (κ3) is 4.82. The zero-order chi connectivity index (χ0) is 22.7. The number of carbonyl (C=O) groups is 1. The first-order valence-electron chi connectivity index (χ1n) is 11.3.